The molecule has 16 heavy (non-hydrogen) atoms. The Hall–Kier alpha value is -0.280. The van der Waals surface area contributed by atoms with Crippen LogP contribution in [0.5, 0.6) is 0 Å². The molecule has 1 fully saturated rings. The molecule has 1 aliphatic rings. The molecule has 96 valence electrons. The van der Waals surface area contributed by atoms with Crippen LogP contribution < -0.4 is 11.1 Å². The van der Waals surface area contributed by atoms with Crippen LogP contribution in [0.2, 0.25) is 0 Å². The summed E-state index contributed by atoms with van der Waals surface area (Å²) in [4.78, 5) is 11.7. The molecule has 1 rings (SSSR count). The lowest BCUT2D eigenvalue weighted by Crippen LogP contribution is -2.31. The molecule has 0 aromatic rings. The largest absolute Gasteiger partial charge is 0.356 e. The number of carbonyl (C=O) groups excluding carboxylic acids is 1. The number of nitrogens with one attached hydrogen (secondary N) is 1. The molecule has 1 atom stereocenters. The maximum absolute atomic E-state index is 11.7. The Morgan fingerprint density at radius 2 is 2.06 bits per heavy atom. The molecule has 0 aromatic carbocycles. The van der Waals surface area contributed by atoms with Gasteiger partial charge in [0.2, 0.25) is 5.91 Å². The summed E-state index contributed by atoms with van der Waals surface area (Å²) in [5, 5.41) is 2.94. The molecule has 0 bridgehead atoms. The highest BCUT2D eigenvalue weighted by atomic mass is 35.5. The van der Waals surface area contributed by atoms with Crippen molar-refractivity contribution in [1.82, 2.24) is 5.32 Å². The third-order valence-electron chi connectivity index (χ3n) is 3.29. The van der Waals surface area contributed by atoms with Gasteiger partial charge in [-0.05, 0) is 25.3 Å². The van der Waals surface area contributed by atoms with E-state index in [0.717, 1.165) is 25.3 Å². The summed E-state index contributed by atoms with van der Waals surface area (Å²) in [6.45, 7) is 3.41. The molecule has 0 spiro atoms. The summed E-state index contributed by atoms with van der Waals surface area (Å²) < 4.78 is 0. The van der Waals surface area contributed by atoms with Crippen molar-refractivity contribution in [3.8, 4) is 0 Å². The number of hydrogen-bond donors (Lipinski definition) is 2. The number of hydrogen-bond acceptors (Lipinski definition) is 2. The van der Waals surface area contributed by atoms with Crippen molar-refractivity contribution in [1.29, 1.82) is 0 Å². The van der Waals surface area contributed by atoms with E-state index in [1.54, 1.807) is 0 Å². The Balaban J connectivity index is 0.00000225. The predicted octanol–water partition coefficient (Wildman–Crippen LogP) is 2.09. The average molecular weight is 249 g/mol. The number of halogens is 1. The van der Waals surface area contributed by atoms with Crippen LogP contribution in [0.3, 0.4) is 0 Å². The van der Waals surface area contributed by atoms with E-state index in [0.29, 0.717) is 6.54 Å². The van der Waals surface area contributed by atoms with Gasteiger partial charge in [0.1, 0.15) is 0 Å². The smallest absolute Gasteiger partial charge is 0.222 e. The second kappa shape index (κ2) is 8.82. The first-order valence-corrected chi connectivity index (χ1v) is 6.21. The van der Waals surface area contributed by atoms with E-state index in [1.807, 2.05) is 6.92 Å². The second-order valence-corrected chi connectivity index (χ2v) is 4.72. The second-order valence-electron chi connectivity index (χ2n) is 4.72. The molecule has 0 aliphatic heterocycles. The van der Waals surface area contributed by atoms with E-state index in [1.165, 1.54) is 25.7 Å². The van der Waals surface area contributed by atoms with Crippen molar-refractivity contribution >= 4 is 18.3 Å². The van der Waals surface area contributed by atoms with Gasteiger partial charge in [-0.15, -0.1) is 12.4 Å². The fraction of sp³-hybridized carbons (Fsp3) is 0.917. The van der Waals surface area contributed by atoms with Gasteiger partial charge < -0.3 is 11.1 Å². The maximum atomic E-state index is 11.7. The highest BCUT2D eigenvalue weighted by molar-refractivity contribution is 5.85. The number of amides is 1. The first-order valence-electron chi connectivity index (χ1n) is 6.21. The van der Waals surface area contributed by atoms with Gasteiger partial charge in [-0.3, -0.25) is 4.79 Å². The maximum Gasteiger partial charge on any atom is 0.222 e. The Labute approximate surface area is 105 Å². The predicted molar refractivity (Wildman–Crippen MR) is 69.7 cm³/mol. The van der Waals surface area contributed by atoms with Gasteiger partial charge in [0, 0.05) is 12.5 Å². The van der Waals surface area contributed by atoms with Gasteiger partial charge in [-0.2, -0.15) is 0 Å². The molecule has 0 radical (unpaired) electrons. The third-order valence-corrected chi connectivity index (χ3v) is 3.29. The first kappa shape index (κ1) is 15.7. The van der Waals surface area contributed by atoms with Gasteiger partial charge >= 0.3 is 0 Å². The van der Waals surface area contributed by atoms with E-state index >= 15 is 0 Å². The van der Waals surface area contributed by atoms with E-state index in [4.69, 9.17) is 5.73 Å². The lowest BCUT2D eigenvalue weighted by molar-refractivity contribution is -0.125. The molecular weight excluding hydrogens is 224 g/mol. The molecule has 1 amide bonds. The number of nitrogens with two attached hydrogens (primary N) is 1. The Kier molecular flexibility index (Phi) is 8.67. The fourth-order valence-corrected chi connectivity index (χ4v) is 2.34. The molecule has 1 aliphatic carbocycles. The SMILES string of the molecule is CC(CC1CCCC1)C(=O)NCCCN.Cl. The van der Waals surface area contributed by atoms with Crippen LogP contribution >= 0.6 is 12.4 Å². The van der Waals surface area contributed by atoms with Gasteiger partial charge in [0.05, 0.1) is 0 Å². The third kappa shape index (κ3) is 5.71. The Morgan fingerprint density at radius 3 is 2.62 bits per heavy atom. The molecule has 4 heteroatoms. The fourth-order valence-electron chi connectivity index (χ4n) is 2.34. The topological polar surface area (TPSA) is 55.1 Å². The molecule has 0 aromatic heterocycles. The minimum Gasteiger partial charge on any atom is -0.356 e. The lowest BCUT2D eigenvalue weighted by Gasteiger charge is -2.15. The van der Waals surface area contributed by atoms with Crippen LogP contribution in [0.1, 0.15) is 45.4 Å². The zero-order chi connectivity index (χ0) is 11.1. The monoisotopic (exact) mass is 248 g/mol. The Morgan fingerprint density at radius 1 is 1.44 bits per heavy atom. The lowest BCUT2D eigenvalue weighted by atomic mass is 9.94. The average Bonchev–Trinajstić information content (AvgIpc) is 2.70. The summed E-state index contributed by atoms with van der Waals surface area (Å²) in [6, 6.07) is 0. The number of rotatable bonds is 6. The van der Waals surface area contributed by atoms with Gasteiger partial charge in [0.25, 0.3) is 0 Å². The van der Waals surface area contributed by atoms with Gasteiger partial charge in [0.15, 0.2) is 0 Å². The summed E-state index contributed by atoms with van der Waals surface area (Å²) in [5.74, 6) is 1.17. The summed E-state index contributed by atoms with van der Waals surface area (Å²) >= 11 is 0. The molecule has 0 saturated heterocycles. The summed E-state index contributed by atoms with van der Waals surface area (Å²) in [5.41, 5.74) is 5.37. The van der Waals surface area contributed by atoms with Crippen molar-refractivity contribution in [3.63, 3.8) is 0 Å². The van der Waals surface area contributed by atoms with Crippen LogP contribution in [0.25, 0.3) is 0 Å². The first-order chi connectivity index (χ1) is 7.24. The molecule has 3 N–H and O–H groups in total. The van der Waals surface area contributed by atoms with Crippen LogP contribution in [-0.4, -0.2) is 19.0 Å². The van der Waals surface area contributed by atoms with Crippen LogP contribution in [0.15, 0.2) is 0 Å². The van der Waals surface area contributed by atoms with Crippen molar-refractivity contribution in [2.75, 3.05) is 13.1 Å². The van der Waals surface area contributed by atoms with Crippen LogP contribution in [0, 0.1) is 11.8 Å². The van der Waals surface area contributed by atoms with Crippen molar-refractivity contribution < 1.29 is 4.79 Å². The quantitative estimate of drug-likeness (QED) is 0.708. The highest BCUT2D eigenvalue weighted by Gasteiger charge is 2.21. The van der Waals surface area contributed by atoms with E-state index in [-0.39, 0.29) is 24.2 Å². The van der Waals surface area contributed by atoms with Crippen molar-refractivity contribution in [2.45, 2.75) is 45.4 Å². The Bertz CT molecular complexity index is 193. The van der Waals surface area contributed by atoms with Crippen LogP contribution in [-0.2, 0) is 4.79 Å². The highest BCUT2D eigenvalue weighted by Crippen LogP contribution is 2.30. The van der Waals surface area contributed by atoms with E-state index in [9.17, 15) is 4.79 Å². The normalized spacial score (nSPS) is 17.9. The van der Waals surface area contributed by atoms with Crippen molar-refractivity contribution in [3.05, 3.63) is 0 Å². The minimum atomic E-state index is 0. The van der Waals surface area contributed by atoms with Crippen molar-refractivity contribution in [2.24, 2.45) is 17.6 Å². The molecular formula is C12H25ClN2O. The standard InChI is InChI=1S/C12H24N2O.ClH/c1-10(9-11-5-2-3-6-11)12(15)14-8-4-7-13;/h10-11H,2-9,13H2,1H3,(H,14,15);1H. The van der Waals surface area contributed by atoms with E-state index in [2.05, 4.69) is 5.32 Å². The van der Waals surface area contributed by atoms with E-state index < -0.39 is 0 Å². The summed E-state index contributed by atoms with van der Waals surface area (Å²) in [6.07, 6.45) is 7.29. The summed E-state index contributed by atoms with van der Waals surface area (Å²) in [7, 11) is 0. The minimum absolute atomic E-state index is 0. The molecule has 1 saturated carbocycles. The van der Waals surface area contributed by atoms with Crippen LogP contribution in [0.4, 0.5) is 0 Å². The zero-order valence-corrected chi connectivity index (χ0v) is 11.0. The van der Waals surface area contributed by atoms with Gasteiger partial charge in [-0.1, -0.05) is 32.6 Å². The molecule has 0 heterocycles. The van der Waals surface area contributed by atoms with Gasteiger partial charge in [-0.25, -0.2) is 0 Å². The number of carbonyl (C=O) groups is 1. The molecule has 1 unspecified atom stereocenters. The zero-order valence-electron chi connectivity index (χ0n) is 10.2. The molecule has 3 nitrogen and oxygen atoms in total.